The van der Waals surface area contributed by atoms with E-state index in [1.165, 1.54) is 11.0 Å². The third-order valence-electron chi connectivity index (χ3n) is 5.94. The third-order valence-corrected chi connectivity index (χ3v) is 5.94. The summed E-state index contributed by atoms with van der Waals surface area (Å²) in [5.74, 6) is -0.243. The molecule has 3 rings (SSSR count). The molecule has 0 saturated heterocycles. The minimum Gasteiger partial charge on any atom is -0.483 e. The molecule has 0 heterocycles. The second kappa shape index (κ2) is 12.9. The molecule has 2 amide bonds. The van der Waals surface area contributed by atoms with Gasteiger partial charge in [-0.2, -0.15) is 0 Å². The van der Waals surface area contributed by atoms with Crippen molar-refractivity contribution < 1.29 is 18.7 Å². The molecule has 1 N–H and O–H groups in total. The molecule has 3 aromatic rings. The van der Waals surface area contributed by atoms with Crippen LogP contribution in [0.25, 0.3) is 0 Å². The van der Waals surface area contributed by atoms with Crippen LogP contribution in [0.3, 0.4) is 0 Å². The molecule has 190 valence electrons. The van der Waals surface area contributed by atoms with E-state index < -0.39 is 11.9 Å². The number of hydrogen-bond acceptors (Lipinski definition) is 3. The van der Waals surface area contributed by atoms with Crippen LogP contribution in [-0.4, -0.2) is 35.9 Å². The topological polar surface area (TPSA) is 58.6 Å². The van der Waals surface area contributed by atoms with Gasteiger partial charge in [-0.25, -0.2) is 4.39 Å². The summed E-state index contributed by atoms with van der Waals surface area (Å²) in [4.78, 5) is 28.4. The maximum atomic E-state index is 14.6. The number of amides is 2. The van der Waals surface area contributed by atoms with Crippen LogP contribution >= 0.6 is 0 Å². The zero-order valence-electron chi connectivity index (χ0n) is 21.5. The van der Waals surface area contributed by atoms with E-state index in [4.69, 9.17) is 4.74 Å². The SMILES string of the molecule is Cc1ccc(OCC(=O)N(Cc2ccccc2F)C(Cc2ccccc2)C(=O)NCC(C)C)c(C)c1. The Labute approximate surface area is 213 Å². The van der Waals surface area contributed by atoms with Crippen LogP contribution in [-0.2, 0) is 22.6 Å². The zero-order valence-corrected chi connectivity index (χ0v) is 21.5. The lowest BCUT2D eigenvalue weighted by Gasteiger charge is -2.32. The van der Waals surface area contributed by atoms with Gasteiger partial charge in [0.05, 0.1) is 0 Å². The van der Waals surface area contributed by atoms with Crippen molar-refractivity contribution in [1.82, 2.24) is 10.2 Å². The first kappa shape index (κ1) is 26.9. The molecule has 0 bridgehead atoms. The van der Waals surface area contributed by atoms with Crippen LogP contribution < -0.4 is 10.1 Å². The van der Waals surface area contributed by atoms with Gasteiger partial charge in [-0.1, -0.05) is 80.1 Å². The highest BCUT2D eigenvalue weighted by atomic mass is 19.1. The zero-order chi connectivity index (χ0) is 26.1. The van der Waals surface area contributed by atoms with Gasteiger partial charge in [0.25, 0.3) is 5.91 Å². The molecule has 5 nitrogen and oxygen atoms in total. The Morgan fingerprint density at radius 3 is 2.33 bits per heavy atom. The van der Waals surface area contributed by atoms with E-state index in [1.54, 1.807) is 18.2 Å². The molecule has 0 aliphatic rings. The Morgan fingerprint density at radius 1 is 0.972 bits per heavy atom. The monoisotopic (exact) mass is 490 g/mol. The molecular formula is C30H35FN2O3. The van der Waals surface area contributed by atoms with E-state index in [-0.39, 0.29) is 30.9 Å². The first-order valence-electron chi connectivity index (χ1n) is 12.3. The predicted octanol–water partition coefficient (Wildman–Crippen LogP) is 5.23. The molecule has 6 heteroatoms. The molecule has 36 heavy (non-hydrogen) atoms. The van der Waals surface area contributed by atoms with Crippen molar-refractivity contribution in [2.75, 3.05) is 13.2 Å². The van der Waals surface area contributed by atoms with Gasteiger partial charge in [0.1, 0.15) is 17.6 Å². The molecule has 1 atom stereocenters. The van der Waals surface area contributed by atoms with Crippen molar-refractivity contribution in [3.05, 3.63) is 101 Å². The standard InChI is InChI=1S/C30H35FN2O3/c1-21(2)18-32-30(35)27(17-24-10-6-5-7-11-24)33(19-25-12-8-9-13-26(25)31)29(34)20-36-28-15-14-22(3)16-23(28)4/h5-16,21,27H,17-20H2,1-4H3,(H,32,35). The average Bonchev–Trinajstić information content (AvgIpc) is 2.85. The van der Waals surface area contributed by atoms with E-state index in [9.17, 15) is 14.0 Å². The van der Waals surface area contributed by atoms with Gasteiger partial charge >= 0.3 is 0 Å². The van der Waals surface area contributed by atoms with Gasteiger partial charge in [0.2, 0.25) is 5.91 Å². The van der Waals surface area contributed by atoms with Crippen LogP contribution in [0, 0.1) is 25.6 Å². The Balaban J connectivity index is 1.92. The third kappa shape index (κ3) is 7.67. The van der Waals surface area contributed by atoms with Crippen molar-refractivity contribution in [3.63, 3.8) is 0 Å². The smallest absolute Gasteiger partial charge is 0.261 e. The fourth-order valence-electron chi connectivity index (χ4n) is 3.97. The Bertz CT molecular complexity index is 1160. The number of aryl methyl sites for hydroxylation is 2. The molecular weight excluding hydrogens is 455 g/mol. The highest BCUT2D eigenvalue weighted by Crippen LogP contribution is 2.20. The summed E-state index contributed by atoms with van der Waals surface area (Å²) in [7, 11) is 0. The number of carbonyl (C=O) groups is 2. The summed E-state index contributed by atoms with van der Waals surface area (Å²) in [6.45, 7) is 8.09. The number of nitrogens with one attached hydrogen (secondary N) is 1. The number of benzene rings is 3. The Hall–Kier alpha value is -3.67. The lowest BCUT2D eigenvalue weighted by Crippen LogP contribution is -2.52. The van der Waals surface area contributed by atoms with Crippen LogP contribution in [0.2, 0.25) is 0 Å². The fourth-order valence-corrected chi connectivity index (χ4v) is 3.97. The van der Waals surface area contributed by atoms with Crippen molar-refractivity contribution in [1.29, 1.82) is 0 Å². The normalized spacial score (nSPS) is 11.7. The fraction of sp³-hybridized carbons (Fsp3) is 0.333. The van der Waals surface area contributed by atoms with Gasteiger partial charge in [0.15, 0.2) is 6.61 Å². The second-order valence-corrected chi connectivity index (χ2v) is 9.52. The number of rotatable bonds is 11. The molecule has 3 aromatic carbocycles. The largest absolute Gasteiger partial charge is 0.483 e. The summed E-state index contributed by atoms with van der Waals surface area (Å²) in [6, 6.07) is 20.7. The van der Waals surface area contributed by atoms with Crippen LogP contribution in [0.15, 0.2) is 72.8 Å². The van der Waals surface area contributed by atoms with E-state index in [0.29, 0.717) is 24.3 Å². The minimum atomic E-state index is -0.832. The number of carbonyl (C=O) groups excluding carboxylic acids is 2. The van der Waals surface area contributed by atoms with Crippen molar-refractivity contribution in [2.45, 2.75) is 46.7 Å². The van der Waals surface area contributed by atoms with E-state index >= 15 is 0 Å². The highest BCUT2D eigenvalue weighted by molar-refractivity contribution is 5.88. The minimum absolute atomic E-state index is 0.0473. The van der Waals surface area contributed by atoms with Gasteiger partial charge in [0, 0.05) is 25.1 Å². The van der Waals surface area contributed by atoms with Crippen molar-refractivity contribution in [3.8, 4) is 5.75 Å². The Kier molecular flexibility index (Phi) is 9.62. The Morgan fingerprint density at radius 2 is 1.67 bits per heavy atom. The average molecular weight is 491 g/mol. The molecule has 0 saturated carbocycles. The lowest BCUT2D eigenvalue weighted by molar-refractivity contribution is -0.142. The second-order valence-electron chi connectivity index (χ2n) is 9.52. The summed E-state index contributed by atoms with van der Waals surface area (Å²) < 4.78 is 20.5. The van der Waals surface area contributed by atoms with Crippen LogP contribution in [0.4, 0.5) is 4.39 Å². The summed E-state index contributed by atoms with van der Waals surface area (Å²) in [6.07, 6.45) is 0.300. The molecule has 0 radical (unpaired) electrons. The lowest BCUT2D eigenvalue weighted by atomic mass is 10.0. The van der Waals surface area contributed by atoms with E-state index in [1.807, 2.05) is 76.2 Å². The number of nitrogens with zero attached hydrogens (tertiary/aromatic N) is 1. The molecule has 0 aliphatic carbocycles. The number of halogens is 1. The van der Waals surface area contributed by atoms with Crippen LogP contribution in [0.1, 0.15) is 36.1 Å². The molecule has 0 aromatic heterocycles. The quantitative estimate of drug-likeness (QED) is 0.400. The summed E-state index contributed by atoms with van der Waals surface area (Å²) in [5, 5.41) is 2.96. The van der Waals surface area contributed by atoms with Crippen molar-refractivity contribution in [2.24, 2.45) is 5.92 Å². The van der Waals surface area contributed by atoms with E-state index in [0.717, 1.165) is 16.7 Å². The first-order chi connectivity index (χ1) is 17.2. The number of ether oxygens (including phenoxy) is 1. The van der Waals surface area contributed by atoms with Gasteiger partial charge < -0.3 is 15.0 Å². The van der Waals surface area contributed by atoms with Gasteiger partial charge in [-0.15, -0.1) is 0 Å². The van der Waals surface area contributed by atoms with Crippen LogP contribution in [0.5, 0.6) is 5.75 Å². The van der Waals surface area contributed by atoms with Crippen molar-refractivity contribution >= 4 is 11.8 Å². The van der Waals surface area contributed by atoms with Gasteiger partial charge in [-0.05, 0) is 43.0 Å². The molecule has 0 aliphatic heterocycles. The molecule has 0 fully saturated rings. The first-order valence-corrected chi connectivity index (χ1v) is 12.3. The highest BCUT2D eigenvalue weighted by Gasteiger charge is 2.31. The maximum Gasteiger partial charge on any atom is 0.261 e. The summed E-state index contributed by atoms with van der Waals surface area (Å²) in [5.41, 5.74) is 3.26. The predicted molar refractivity (Wildman–Crippen MR) is 140 cm³/mol. The molecule has 1 unspecified atom stereocenters. The van der Waals surface area contributed by atoms with Gasteiger partial charge in [-0.3, -0.25) is 9.59 Å². The number of hydrogen-bond donors (Lipinski definition) is 1. The van der Waals surface area contributed by atoms with E-state index in [2.05, 4.69) is 5.32 Å². The summed E-state index contributed by atoms with van der Waals surface area (Å²) >= 11 is 0. The molecule has 0 spiro atoms. The maximum absolute atomic E-state index is 14.6.